The van der Waals surface area contributed by atoms with Crippen LogP contribution in [0.2, 0.25) is 0 Å². The van der Waals surface area contributed by atoms with E-state index in [2.05, 4.69) is 5.32 Å². The zero-order valence-electron chi connectivity index (χ0n) is 13.9. The zero-order chi connectivity index (χ0) is 18.6. The van der Waals surface area contributed by atoms with Gasteiger partial charge in [-0.25, -0.2) is 13.6 Å². The van der Waals surface area contributed by atoms with Crippen LogP contribution in [0.1, 0.15) is 22.8 Å². The van der Waals surface area contributed by atoms with Crippen molar-refractivity contribution in [2.75, 3.05) is 12.4 Å². The molecule has 0 aliphatic rings. The molecule has 0 heterocycles. The number of hydrogen-bond acceptors (Lipinski definition) is 4. The van der Waals surface area contributed by atoms with Crippen LogP contribution < -0.4 is 10.1 Å². The van der Waals surface area contributed by atoms with Gasteiger partial charge in [0.1, 0.15) is 22.9 Å². The number of rotatable bonds is 5. The molecule has 0 saturated heterocycles. The fourth-order valence-corrected chi connectivity index (χ4v) is 2.09. The highest BCUT2D eigenvalue weighted by molar-refractivity contribution is 5.98. The minimum Gasteiger partial charge on any atom is -0.496 e. The molecule has 0 saturated carbocycles. The summed E-state index contributed by atoms with van der Waals surface area (Å²) in [6.07, 6.45) is -1.22. The van der Waals surface area contributed by atoms with E-state index in [9.17, 15) is 18.4 Å². The lowest BCUT2D eigenvalue weighted by molar-refractivity contribution is -0.123. The molecule has 2 rings (SSSR count). The molecule has 132 valence electrons. The standard InChI is InChI=1S/C18H17F2NO4/c1-10-4-7-16(24-3)13(8-10)18(23)25-11(2)17(22)21-15-9-12(19)5-6-14(15)20/h4-9,11H,1-3H3,(H,21,22)/t11-/m0/s1. The number of amides is 1. The van der Waals surface area contributed by atoms with Crippen molar-refractivity contribution in [1.82, 2.24) is 0 Å². The molecule has 0 aliphatic carbocycles. The van der Waals surface area contributed by atoms with Crippen molar-refractivity contribution in [3.63, 3.8) is 0 Å². The van der Waals surface area contributed by atoms with Crippen molar-refractivity contribution in [2.24, 2.45) is 0 Å². The average Bonchev–Trinajstić information content (AvgIpc) is 2.57. The quantitative estimate of drug-likeness (QED) is 0.840. The minimum absolute atomic E-state index is 0.166. The summed E-state index contributed by atoms with van der Waals surface area (Å²) < 4.78 is 36.9. The van der Waals surface area contributed by atoms with E-state index >= 15 is 0 Å². The summed E-state index contributed by atoms with van der Waals surface area (Å²) in [5, 5.41) is 2.19. The number of carbonyl (C=O) groups is 2. The molecule has 1 atom stereocenters. The Morgan fingerprint density at radius 1 is 1.12 bits per heavy atom. The number of carbonyl (C=O) groups excluding carboxylic acids is 2. The topological polar surface area (TPSA) is 64.6 Å². The second-order valence-electron chi connectivity index (χ2n) is 5.36. The molecule has 0 aliphatic heterocycles. The normalized spacial score (nSPS) is 11.6. The molecule has 0 radical (unpaired) electrons. The van der Waals surface area contributed by atoms with Crippen LogP contribution in [0.5, 0.6) is 5.75 Å². The number of ether oxygens (including phenoxy) is 2. The van der Waals surface area contributed by atoms with Gasteiger partial charge in [-0.3, -0.25) is 4.79 Å². The molecule has 0 aromatic heterocycles. The van der Waals surface area contributed by atoms with Crippen molar-refractivity contribution in [2.45, 2.75) is 20.0 Å². The molecule has 0 fully saturated rings. The highest BCUT2D eigenvalue weighted by atomic mass is 19.1. The Bertz CT molecular complexity index is 808. The van der Waals surface area contributed by atoms with Gasteiger partial charge in [-0.1, -0.05) is 11.6 Å². The molecule has 2 aromatic carbocycles. The summed E-state index contributed by atoms with van der Waals surface area (Å²) in [6, 6.07) is 7.60. The van der Waals surface area contributed by atoms with Gasteiger partial charge in [0.2, 0.25) is 0 Å². The summed E-state index contributed by atoms with van der Waals surface area (Å²) in [7, 11) is 1.41. The third-order valence-corrected chi connectivity index (χ3v) is 3.41. The van der Waals surface area contributed by atoms with Gasteiger partial charge in [-0.15, -0.1) is 0 Å². The first-order valence-corrected chi connectivity index (χ1v) is 7.43. The van der Waals surface area contributed by atoms with Crippen LogP contribution in [0.4, 0.5) is 14.5 Å². The van der Waals surface area contributed by atoms with E-state index in [1.165, 1.54) is 14.0 Å². The number of hydrogen-bond donors (Lipinski definition) is 1. The Morgan fingerprint density at radius 2 is 1.84 bits per heavy atom. The average molecular weight is 349 g/mol. The van der Waals surface area contributed by atoms with Gasteiger partial charge < -0.3 is 14.8 Å². The summed E-state index contributed by atoms with van der Waals surface area (Å²) in [6.45, 7) is 3.12. The Labute approximate surface area is 143 Å². The number of esters is 1. The van der Waals surface area contributed by atoms with Gasteiger partial charge in [-0.2, -0.15) is 0 Å². The van der Waals surface area contributed by atoms with E-state index in [1.807, 2.05) is 0 Å². The van der Waals surface area contributed by atoms with E-state index in [-0.39, 0.29) is 11.3 Å². The summed E-state index contributed by atoms with van der Waals surface area (Å²) in [5.41, 5.74) is 0.645. The third kappa shape index (κ3) is 4.53. The maximum absolute atomic E-state index is 13.6. The van der Waals surface area contributed by atoms with E-state index < -0.39 is 29.6 Å². The van der Waals surface area contributed by atoms with Crippen molar-refractivity contribution in [1.29, 1.82) is 0 Å². The van der Waals surface area contributed by atoms with Gasteiger partial charge >= 0.3 is 5.97 Å². The van der Waals surface area contributed by atoms with Crippen molar-refractivity contribution in [3.05, 3.63) is 59.2 Å². The monoisotopic (exact) mass is 349 g/mol. The molecule has 0 unspecified atom stereocenters. The van der Waals surface area contributed by atoms with E-state index in [0.29, 0.717) is 5.75 Å². The summed E-state index contributed by atoms with van der Waals surface area (Å²) in [5.74, 6) is -2.74. The van der Waals surface area contributed by atoms with Gasteiger partial charge in [0, 0.05) is 6.07 Å². The van der Waals surface area contributed by atoms with E-state index in [4.69, 9.17) is 9.47 Å². The molecular formula is C18H17F2NO4. The second kappa shape index (κ2) is 7.74. The fraction of sp³-hybridized carbons (Fsp3) is 0.222. The summed E-state index contributed by atoms with van der Waals surface area (Å²) >= 11 is 0. The van der Waals surface area contributed by atoms with Crippen LogP contribution >= 0.6 is 0 Å². The van der Waals surface area contributed by atoms with E-state index in [1.54, 1.807) is 25.1 Å². The van der Waals surface area contributed by atoms with Crippen molar-refractivity contribution >= 4 is 17.6 Å². The lowest BCUT2D eigenvalue weighted by atomic mass is 10.1. The largest absolute Gasteiger partial charge is 0.496 e. The summed E-state index contributed by atoms with van der Waals surface area (Å²) in [4.78, 5) is 24.3. The van der Waals surface area contributed by atoms with Crippen LogP contribution in [0.25, 0.3) is 0 Å². The Hall–Kier alpha value is -2.96. The van der Waals surface area contributed by atoms with Crippen LogP contribution in [0.3, 0.4) is 0 Å². The second-order valence-corrected chi connectivity index (χ2v) is 5.36. The number of aryl methyl sites for hydroxylation is 1. The lowest BCUT2D eigenvalue weighted by Gasteiger charge is -2.15. The third-order valence-electron chi connectivity index (χ3n) is 3.41. The van der Waals surface area contributed by atoms with Gasteiger partial charge in [0.15, 0.2) is 6.10 Å². The molecule has 0 bridgehead atoms. The predicted molar refractivity (Wildman–Crippen MR) is 87.6 cm³/mol. The number of nitrogens with one attached hydrogen (secondary N) is 1. The van der Waals surface area contributed by atoms with Crippen LogP contribution in [-0.2, 0) is 9.53 Å². The SMILES string of the molecule is COc1ccc(C)cc1C(=O)O[C@@H](C)C(=O)Nc1cc(F)ccc1F. The van der Waals surface area contributed by atoms with Gasteiger partial charge in [-0.05, 0) is 38.1 Å². The van der Waals surface area contributed by atoms with Gasteiger partial charge in [0.25, 0.3) is 5.91 Å². The molecule has 7 heteroatoms. The van der Waals surface area contributed by atoms with E-state index in [0.717, 1.165) is 23.8 Å². The molecule has 2 aromatic rings. The highest BCUT2D eigenvalue weighted by Gasteiger charge is 2.22. The number of halogens is 2. The minimum atomic E-state index is -1.22. The molecule has 0 spiro atoms. The fourth-order valence-electron chi connectivity index (χ4n) is 2.09. The van der Waals surface area contributed by atoms with Crippen molar-refractivity contribution in [3.8, 4) is 5.75 Å². The van der Waals surface area contributed by atoms with Crippen LogP contribution in [-0.4, -0.2) is 25.1 Å². The Balaban J connectivity index is 2.09. The zero-order valence-corrected chi connectivity index (χ0v) is 13.9. The first-order valence-electron chi connectivity index (χ1n) is 7.43. The first kappa shape index (κ1) is 18.4. The predicted octanol–water partition coefficient (Wildman–Crippen LogP) is 3.47. The molecule has 1 N–H and O–H groups in total. The first-order chi connectivity index (χ1) is 11.8. The van der Waals surface area contributed by atoms with Gasteiger partial charge in [0.05, 0.1) is 12.8 Å². The number of benzene rings is 2. The Kier molecular flexibility index (Phi) is 5.69. The maximum Gasteiger partial charge on any atom is 0.342 e. The van der Waals surface area contributed by atoms with Crippen LogP contribution in [0, 0.1) is 18.6 Å². The number of methoxy groups -OCH3 is 1. The maximum atomic E-state index is 13.6. The highest BCUT2D eigenvalue weighted by Crippen LogP contribution is 2.21. The molecule has 1 amide bonds. The number of anilines is 1. The van der Waals surface area contributed by atoms with Crippen molar-refractivity contribution < 1.29 is 27.8 Å². The smallest absolute Gasteiger partial charge is 0.342 e. The molecule has 5 nitrogen and oxygen atoms in total. The molecular weight excluding hydrogens is 332 g/mol. The molecule has 25 heavy (non-hydrogen) atoms. The Morgan fingerprint density at radius 3 is 2.52 bits per heavy atom. The lowest BCUT2D eigenvalue weighted by Crippen LogP contribution is -2.30. The van der Waals surface area contributed by atoms with Crippen LogP contribution in [0.15, 0.2) is 36.4 Å².